The zero-order valence-electron chi connectivity index (χ0n) is 21.0. The molecule has 0 spiro atoms. The molecular weight excluding hydrogens is 454 g/mol. The molecular formula is C30H31NO5. The molecule has 6 nitrogen and oxygen atoms in total. The molecule has 1 aliphatic rings. The number of nitrogens with zero attached hydrogens (tertiary/aromatic N) is 1. The Morgan fingerprint density at radius 2 is 1.72 bits per heavy atom. The highest BCUT2D eigenvalue weighted by atomic mass is 16.5. The Morgan fingerprint density at radius 3 is 2.39 bits per heavy atom. The minimum atomic E-state index is -0.815. The number of aliphatic hydroxyl groups is 1. The van der Waals surface area contributed by atoms with Crippen LogP contribution in [0, 0.1) is 12.8 Å². The fourth-order valence-corrected chi connectivity index (χ4v) is 4.31. The van der Waals surface area contributed by atoms with Gasteiger partial charge in [-0.05, 0) is 73.4 Å². The van der Waals surface area contributed by atoms with Crippen molar-refractivity contribution in [1.29, 1.82) is 0 Å². The molecule has 1 heterocycles. The third kappa shape index (κ3) is 4.98. The predicted molar refractivity (Wildman–Crippen MR) is 140 cm³/mol. The van der Waals surface area contributed by atoms with Gasteiger partial charge in [0, 0.05) is 11.3 Å². The van der Waals surface area contributed by atoms with Crippen LogP contribution >= 0.6 is 0 Å². The number of hydrogen-bond acceptors (Lipinski definition) is 5. The van der Waals surface area contributed by atoms with E-state index < -0.39 is 17.7 Å². The van der Waals surface area contributed by atoms with Crippen molar-refractivity contribution in [2.75, 3.05) is 18.1 Å². The van der Waals surface area contributed by atoms with E-state index in [2.05, 4.69) is 13.8 Å². The van der Waals surface area contributed by atoms with Gasteiger partial charge in [0.15, 0.2) is 0 Å². The van der Waals surface area contributed by atoms with Crippen LogP contribution in [-0.4, -0.2) is 30.0 Å². The zero-order valence-corrected chi connectivity index (χ0v) is 21.0. The topological polar surface area (TPSA) is 76.1 Å². The molecule has 1 saturated heterocycles. The molecule has 1 fully saturated rings. The summed E-state index contributed by atoms with van der Waals surface area (Å²) in [7, 11) is 0. The summed E-state index contributed by atoms with van der Waals surface area (Å²) in [4.78, 5) is 28.1. The molecule has 1 N–H and O–H groups in total. The number of carbonyl (C=O) groups is 2. The number of rotatable bonds is 8. The number of benzene rings is 3. The van der Waals surface area contributed by atoms with Crippen LogP contribution in [0.2, 0.25) is 0 Å². The lowest BCUT2D eigenvalue weighted by atomic mass is 9.94. The number of para-hydroxylation sites is 1. The first-order valence-corrected chi connectivity index (χ1v) is 12.1. The van der Waals surface area contributed by atoms with Gasteiger partial charge in [-0.1, -0.05) is 44.2 Å². The third-order valence-electron chi connectivity index (χ3n) is 5.98. The van der Waals surface area contributed by atoms with Gasteiger partial charge in [-0.2, -0.15) is 0 Å². The summed E-state index contributed by atoms with van der Waals surface area (Å²) in [5.74, 6) is 0.0576. The second-order valence-electron chi connectivity index (χ2n) is 9.20. The van der Waals surface area contributed by atoms with E-state index in [9.17, 15) is 14.7 Å². The minimum absolute atomic E-state index is 0.0350. The van der Waals surface area contributed by atoms with E-state index in [1.165, 1.54) is 4.90 Å². The van der Waals surface area contributed by atoms with Gasteiger partial charge in [-0.3, -0.25) is 14.5 Å². The van der Waals surface area contributed by atoms with Crippen LogP contribution in [0.25, 0.3) is 5.76 Å². The molecule has 0 radical (unpaired) electrons. The number of carbonyl (C=O) groups excluding carboxylic acids is 2. The van der Waals surface area contributed by atoms with Gasteiger partial charge in [-0.15, -0.1) is 0 Å². The Kier molecular flexibility index (Phi) is 7.44. The monoisotopic (exact) mass is 485 g/mol. The van der Waals surface area contributed by atoms with Gasteiger partial charge in [0.05, 0.1) is 24.8 Å². The van der Waals surface area contributed by atoms with E-state index in [-0.39, 0.29) is 11.3 Å². The van der Waals surface area contributed by atoms with Crippen molar-refractivity contribution in [2.24, 2.45) is 5.92 Å². The number of anilines is 1. The Bertz CT molecular complexity index is 1300. The van der Waals surface area contributed by atoms with Crippen molar-refractivity contribution in [1.82, 2.24) is 0 Å². The molecule has 36 heavy (non-hydrogen) atoms. The Labute approximate surface area is 211 Å². The van der Waals surface area contributed by atoms with Crippen LogP contribution in [-0.2, 0) is 9.59 Å². The van der Waals surface area contributed by atoms with Gasteiger partial charge in [0.1, 0.15) is 17.3 Å². The molecule has 6 heteroatoms. The number of amides is 1. The highest BCUT2D eigenvalue weighted by Gasteiger charge is 2.47. The second kappa shape index (κ2) is 10.7. The SMILES string of the molecule is CCOc1cccc(C2/C(=C(\O)c3ccc(OCC(C)C)c(C)c3)C(=O)C(=O)N2c2ccccc2)c1. The summed E-state index contributed by atoms with van der Waals surface area (Å²) >= 11 is 0. The number of aryl methyl sites for hydroxylation is 1. The van der Waals surface area contributed by atoms with Crippen molar-refractivity contribution in [2.45, 2.75) is 33.7 Å². The number of aliphatic hydroxyl groups excluding tert-OH is 1. The summed E-state index contributed by atoms with van der Waals surface area (Å²) in [5, 5.41) is 11.4. The maximum atomic E-state index is 13.4. The van der Waals surface area contributed by atoms with Crippen LogP contribution in [0.5, 0.6) is 11.5 Å². The predicted octanol–water partition coefficient (Wildman–Crippen LogP) is 6.05. The van der Waals surface area contributed by atoms with E-state index in [0.717, 1.165) is 5.56 Å². The standard InChI is InChI=1S/C30H31NO5/c1-5-35-24-13-9-10-21(17-24)27-26(29(33)30(34)31(27)23-11-7-6-8-12-23)28(32)22-14-15-25(20(4)16-22)36-18-19(2)3/h6-17,19,27,32H,5,18H2,1-4H3/b28-26+. The molecule has 0 saturated carbocycles. The normalized spacial score (nSPS) is 17.0. The summed E-state index contributed by atoms with van der Waals surface area (Å²) in [6, 6.07) is 20.7. The smallest absolute Gasteiger partial charge is 0.300 e. The lowest BCUT2D eigenvalue weighted by Crippen LogP contribution is -2.29. The fraction of sp³-hybridized carbons (Fsp3) is 0.267. The first-order valence-electron chi connectivity index (χ1n) is 12.1. The van der Waals surface area contributed by atoms with Gasteiger partial charge in [0.25, 0.3) is 11.7 Å². The van der Waals surface area contributed by atoms with E-state index in [1.54, 1.807) is 36.4 Å². The molecule has 1 aliphatic heterocycles. The quantitative estimate of drug-likeness (QED) is 0.239. The molecule has 186 valence electrons. The lowest BCUT2D eigenvalue weighted by Gasteiger charge is -2.25. The van der Waals surface area contributed by atoms with Gasteiger partial charge >= 0.3 is 0 Å². The van der Waals surface area contributed by atoms with E-state index in [0.29, 0.717) is 47.4 Å². The summed E-state index contributed by atoms with van der Waals surface area (Å²) in [6.45, 7) is 8.97. The van der Waals surface area contributed by atoms with Crippen molar-refractivity contribution in [3.05, 3.63) is 95.1 Å². The molecule has 0 aromatic heterocycles. The summed E-state index contributed by atoms with van der Waals surface area (Å²) < 4.78 is 11.5. The zero-order chi connectivity index (χ0) is 25.8. The Hall–Kier alpha value is -4.06. The second-order valence-corrected chi connectivity index (χ2v) is 9.20. The summed E-state index contributed by atoms with van der Waals surface area (Å²) in [5.41, 5.74) is 2.54. The van der Waals surface area contributed by atoms with Crippen LogP contribution in [0.1, 0.15) is 43.5 Å². The van der Waals surface area contributed by atoms with Crippen molar-refractivity contribution in [3.63, 3.8) is 0 Å². The van der Waals surface area contributed by atoms with E-state index >= 15 is 0 Å². The maximum Gasteiger partial charge on any atom is 0.300 e. The highest BCUT2D eigenvalue weighted by molar-refractivity contribution is 6.51. The van der Waals surface area contributed by atoms with Crippen molar-refractivity contribution in [3.8, 4) is 11.5 Å². The van der Waals surface area contributed by atoms with Crippen molar-refractivity contribution >= 4 is 23.1 Å². The van der Waals surface area contributed by atoms with E-state index in [1.807, 2.05) is 50.2 Å². The molecule has 4 rings (SSSR count). The molecule has 0 bridgehead atoms. The van der Waals surface area contributed by atoms with Gasteiger partial charge in [-0.25, -0.2) is 0 Å². The molecule has 3 aromatic carbocycles. The maximum absolute atomic E-state index is 13.4. The summed E-state index contributed by atoms with van der Waals surface area (Å²) in [6.07, 6.45) is 0. The molecule has 3 aromatic rings. The largest absolute Gasteiger partial charge is 0.507 e. The third-order valence-corrected chi connectivity index (χ3v) is 5.98. The fourth-order valence-electron chi connectivity index (χ4n) is 4.31. The molecule has 0 aliphatic carbocycles. The average molecular weight is 486 g/mol. The average Bonchev–Trinajstić information content (AvgIpc) is 3.14. The number of ether oxygens (including phenoxy) is 2. The Balaban J connectivity index is 1.85. The number of ketones is 1. The first-order chi connectivity index (χ1) is 17.3. The van der Waals surface area contributed by atoms with Gasteiger partial charge in [0.2, 0.25) is 0 Å². The first kappa shape index (κ1) is 25.0. The molecule has 1 amide bonds. The van der Waals surface area contributed by atoms with Crippen LogP contribution in [0.3, 0.4) is 0 Å². The highest BCUT2D eigenvalue weighted by Crippen LogP contribution is 2.43. The van der Waals surface area contributed by atoms with E-state index in [4.69, 9.17) is 9.47 Å². The van der Waals surface area contributed by atoms with Crippen LogP contribution < -0.4 is 14.4 Å². The molecule has 1 atom stereocenters. The number of Topliss-reactive ketones (excluding diaryl/α,β-unsaturated/α-hetero) is 1. The Morgan fingerprint density at radius 1 is 0.972 bits per heavy atom. The lowest BCUT2D eigenvalue weighted by molar-refractivity contribution is -0.132. The minimum Gasteiger partial charge on any atom is -0.507 e. The number of hydrogen-bond donors (Lipinski definition) is 1. The molecule has 1 unspecified atom stereocenters. The van der Waals surface area contributed by atoms with Crippen molar-refractivity contribution < 1.29 is 24.2 Å². The van der Waals surface area contributed by atoms with Crippen LogP contribution in [0.15, 0.2) is 78.4 Å². The van der Waals surface area contributed by atoms with Crippen LogP contribution in [0.4, 0.5) is 5.69 Å². The van der Waals surface area contributed by atoms with Gasteiger partial charge < -0.3 is 14.6 Å².